The van der Waals surface area contributed by atoms with E-state index in [1.807, 2.05) is 18.2 Å². The number of hydrogen-bond acceptors (Lipinski definition) is 7. The van der Waals surface area contributed by atoms with Gasteiger partial charge in [-0.25, -0.2) is 0 Å². The van der Waals surface area contributed by atoms with Gasteiger partial charge in [0.1, 0.15) is 5.75 Å². The third-order valence-corrected chi connectivity index (χ3v) is 5.39. The molecule has 10 heteroatoms. The summed E-state index contributed by atoms with van der Waals surface area (Å²) in [5.41, 5.74) is 2.14. The Hall–Kier alpha value is -2.37. The number of aliphatic hydroxyl groups excluding tert-OH is 1. The Labute approximate surface area is 175 Å². The van der Waals surface area contributed by atoms with Gasteiger partial charge in [0.05, 0.1) is 13.7 Å². The van der Waals surface area contributed by atoms with Gasteiger partial charge in [0, 0.05) is 24.4 Å². The summed E-state index contributed by atoms with van der Waals surface area (Å²) in [5.74, 6) is 2.65. The summed E-state index contributed by atoms with van der Waals surface area (Å²) in [6.07, 6.45) is 0.805. The third kappa shape index (κ3) is 5.41. The molecule has 0 saturated carbocycles. The number of ether oxygens (including phenoxy) is 3. The standard InChI is InChI=1S/C20H23NO4.H2O4S/c1-23-16-5-2-14(3-6-16)9-20(12-22)11-21-10-17(20)15-4-7-18-19(8-15)25-13-24-18;1-5(2,3)4/h2-8,17,21-22H,9-13H2,1H3;(H2,1,2,3,4). The zero-order valence-electron chi connectivity index (χ0n) is 16.4. The molecule has 4 rings (SSSR count). The first-order chi connectivity index (χ1) is 14.2. The lowest BCUT2D eigenvalue weighted by Crippen LogP contribution is -2.35. The van der Waals surface area contributed by atoms with Crippen molar-refractivity contribution in [3.8, 4) is 17.2 Å². The lowest BCUT2D eigenvalue weighted by atomic mass is 9.71. The molecule has 30 heavy (non-hydrogen) atoms. The van der Waals surface area contributed by atoms with Gasteiger partial charge in [-0.2, -0.15) is 8.42 Å². The van der Waals surface area contributed by atoms with Gasteiger partial charge in [-0.05, 0) is 41.8 Å². The maximum absolute atomic E-state index is 10.3. The number of nitrogens with one attached hydrogen (secondary N) is 1. The first-order valence-corrected chi connectivity index (χ1v) is 10.7. The first kappa shape index (κ1) is 22.3. The number of benzene rings is 2. The topological polar surface area (TPSA) is 135 Å². The van der Waals surface area contributed by atoms with Gasteiger partial charge in [0.15, 0.2) is 11.5 Å². The van der Waals surface area contributed by atoms with Gasteiger partial charge in [-0.1, -0.05) is 18.2 Å². The molecule has 2 aromatic rings. The molecule has 2 unspecified atom stereocenters. The number of methoxy groups -OCH3 is 1. The van der Waals surface area contributed by atoms with Gasteiger partial charge >= 0.3 is 10.4 Å². The zero-order valence-corrected chi connectivity index (χ0v) is 17.3. The highest BCUT2D eigenvalue weighted by molar-refractivity contribution is 7.79. The van der Waals surface area contributed by atoms with Crippen molar-refractivity contribution >= 4 is 10.4 Å². The van der Waals surface area contributed by atoms with E-state index in [1.54, 1.807) is 7.11 Å². The quantitative estimate of drug-likeness (QED) is 0.513. The van der Waals surface area contributed by atoms with Gasteiger partial charge < -0.3 is 24.6 Å². The maximum atomic E-state index is 10.3. The second-order valence-electron chi connectivity index (χ2n) is 7.29. The number of rotatable bonds is 5. The van der Waals surface area contributed by atoms with Crippen molar-refractivity contribution in [1.29, 1.82) is 0 Å². The maximum Gasteiger partial charge on any atom is 0.394 e. The molecule has 9 nitrogen and oxygen atoms in total. The minimum absolute atomic E-state index is 0.130. The van der Waals surface area contributed by atoms with Crippen molar-refractivity contribution in [2.24, 2.45) is 5.41 Å². The van der Waals surface area contributed by atoms with E-state index in [9.17, 15) is 5.11 Å². The minimum Gasteiger partial charge on any atom is -0.497 e. The highest BCUT2D eigenvalue weighted by atomic mass is 32.3. The molecular formula is C20H25NO8S. The van der Waals surface area contributed by atoms with Crippen LogP contribution in [0.1, 0.15) is 17.0 Å². The Morgan fingerprint density at radius 1 is 1.13 bits per heavy atom. The number of hydrogen-bond donors (Lipinski definition) is 4. The third-order valence-electron chi connectivity index (χ3n) is 5.39. The van der Waals surface area contributed by atoms with Crippen LogP contribution in [0.4, 0.5) is 0 Å². The van der Waals surface area contributed by atoms with Crippen LogP contribution in [0.3, 0.4) is 0 Å². The molecule has 1 fully saturated rings. The second kappa shape index (κ2) is 9.19. The fourth-order valence-corrected chi connectivity index (χ4v) is 3.96. The van der Waals surface area contributed by atoms with Crippen molar-refractivity contribution in [3.63, 3.8) is 0 Å². The van der Waals surface area contributed by atoms with Gasteiger partial charge in [-0.3, -0.25) is 9.11 Å². The molecule has 4 N–H and O–H groups in total. The Kier molecular flexibility index (Phi) is 6.84. The molecule has 0 bridgehead atoms. The minimum atomic E-state index is -4.67. The van der Waals surface area contributed by atoms with Gasteiger partial charge in [-0.15, -0.1) is 0 Å². The second-order valence-corrected chi connectivity index (χ2v) is 8.19. The van der Waals surface area contributed by atoms with E-state index in [4.69, 9.17) is 31.7 Å². The van der Waals surface area contributed by atoms with E-state index in [1.165, 1.54) is 11.1 Å². The SMILES string of the molecule is COc1ccc(CC2(CO)CNCC2c2ccc3c(c2)OCO3)cc1.O=S(=O)(O)O. The number of aliphatic hydroxyl groups is 1. The Morgan fingerprint density at radius 2 is 1.80 bits per heavy atom. The average Bonchev–Trinajstić information content (AvgIpc) is 3.34. The summed E-state index contributed by atoms with van der Waals surface area (Å²) in [6, 6.07) is 14.2. The fourth-order valence-electron chi connectivity index (χ4n) is 3.96. The first-order valence-electron chi connectivity index (χ1n) is 9.28. The summed E-state index contributed by atoms with van der Waals surface area (Å²) < 4.78 is 47.8. The summed E-state index contributed by atoms with van der Waals surface area (Å²) in [5, 5.41) is 13.7. The molecule has 2 atom stereocenters. The smallest absolute Gasteiger partial charge is 0.394 e. The average molecular weight is 439 g/mol. The molecule has 0 spiro atoms. The van der Waals surface area contributed by atoms with Crippen LogP contribution in [0.2, 0.25) is 0 Å². The van der Waals surface area contributed by atoms with Crippen LogP contribution in [0.5, 0.6) is 17.2 Å². The van der Waals surface area contributed by atoms with Crippen LogP contribution >= 0.6 is 0 Å². The van der Waals surface area contributed by atoms with Crippen molar-refractivity contribution in [2.75, 3.05) is 33.6 Å². The van der Waals surface area contributed by atoms with Crippen LogP contribution < -0.4 is 19.5 Å². The van der Waals surface area contributed by atoms with E-state index >= 15 is 0 Å². The van der Waals surface area contributed by atoms with Crippen LogP contribution in [0.25, 0.3) is 0 Å². The van der Waals surface area contributed by atoms with E-state index in [0.29, 0.717) is 0 Å². The Bertz CT molecular complexity index is 955. The molecule has 0 aromatic heterocycles. The zero-order chi connectivity index (χ0) is 21.8. The Balaban J connectivity index is 0.000000461. The fraction of sp³-hybridized carbons (Fsp3) is 0.400. The molecule has 164 valence electrons. The van der Waals surface area contributed by atoms with Crippen molar-refractivity contribution < 1.29 is 36.8 Å². The van der Waals surface area contributed by atoms with Crippen molar-refractivity contribution in [2.45, 2.75) is 12.3 Å². The van der Waals surface area contributed by atoms with Crippen LogP contribution in [-0.4, -0.2) is 56.2 Å². The van der Waals surface area contributed by atoms with E-state index in [-0.39, 0.29) is 24.7 Å². The summed E-state index contributed by atoms with van der Waals surface area (Å²) in [7, 11) is -3.00. The predicted octanol–water partition coefficient (Wildman–Crippen LogP) is 1.68. The lowest BCUT2D eigenvalue weighted by Gasteiger charge is -2.33. The molecule has 2 aliphatic rings. The normalized spacial score (nSPS) is 22.3. The summed E-state index contributed by atoms with van der Waals surface area (Å²) in [6.45, 7) is 2.04. The van der Waals surface area contributed by atoms with Crippen LogP contribution in [-0.2, 0) is 16.8 Å². The lowest BCUT2D eigenvalue weighted by molar-refractivity contribution is 0.126. The van der Waals surface area contributed by atoms with Gasteiger partial charge in [0.2, 0.25) is 6.79 Å². The van der Waals surface area contributed by atoms with Crippen molar-refractivity contribution in [3.05, 3.63) is 53.6 Å². The molecular weight excluding hydrogens is 414 g/mol. The predicted molar refractivity (Wildman–Crippen MR) is 109 cm³/mol. The molecule has 1 saturated heterocycles. The molecule has 0 amide bonds. The van der Waals surface area contributed by atoms with Crippen LogP contribution in [0.15, 0.2) is 42.5 Å². The monoisotopic (exact) mass is 439 g/mol. The summed E-state index contributed by atoms with van der Waals surface area (Å²) >= 11 is 0. The molecule has 2 aromatic carbocycles. The van der Waals surface area contributed by atoms with Gasteiger partial charge in [0.25, 0.3) is 0 Å². The van der Waals surface area contributed by atoms with Crippen LogP contribution in [0, 0.1) is 5.41 Å². The van der Waals surface area contributed by atoms with Crippen molar-refractivity contribution in [1.82, 2.24) is 5.32 Å². The molecule has 2 heterocycles. The molecule has 2 aliphatic heterocycles. The largest absolute Gasteiger partial charge is 0.497 e. The molecule has 0 radical (unpaired) electrons. The highest BCUT2D eigenvalue weighted by Gasteiger charge is 2.43. The molecule has 0 aliphatic carbocycles. The van der Waals surface area contributed by atoms with E-state index in [2.05, 4.69) is 29.6 Å². The number of fused-ring (bicyclic) bond motifs is 1. The highest BCUT2D eigenvalue weighted by Crippen LogP contribution is 2.44. The van der Waals surface area contributed by atoms with E-state index < -0.39 is 10.4 Å². The Morgan fingerprint density at radius 3 is 2.43 bits per heavy atom. The van der Waals surface area contributed by atoms with E-state index in [0.717, 1.165) is 36.8 Å². The summed E-state index contributed by atoms with van der Waals surface area (Å²) in [4.78, 5) is 0.